The lowest BCUT2D eigenvalue weighted by atomic mass is 10.0. The van der Waals surface area contributed by atoms with Crippen LogP contribution in [-0.4, -0.2) is 22.1 Å². The summed E-state index contributed by atoms with van der Waals surface area (Å²) in [4.78, 5) is 7.79. The number of hydrogen-bond acceptors (Lipinski definition) is 6. The van der Waals surface area contributed by atoms with Crippen molar-refractivity contribution in [3.8, 4) is 6.07 Å². The Morgan fingerprint density at radius 2 is 2.13 bits per heavy atom. The lowest BCUT2D eigenvalue weighted by Crippen LogP contribution is -2.35. The van der Waals surface area contributed by atoms with Crippen molar-refractivity contribution in [1.29, 1.82) is 5.26 Å². The average molecular weight is 332 g/mol. The van der Waals surface area contributed by atoms with Gasteiger partial charge in [-0.3, -0.25) is 0 Å². The highest BCUT2D eigenvalue weighted by atomic mass is 35.5. The molecular formula is C16H18ClN5O. The molecule has 2 aromatic rings. The highest BCUT2D eigenvalue weighted by Crippen LogP contribution is 2.22. The van der Waals surface area contributed by atoms with E-state index in [1.165, 1.54) is 6.20 Å². The van der Waals surface area contributed by atoms with Crippen LogP contribution in [0.3, 0.4) is 0 Å². The van der Waals surface area contributed by atoms with Crippen LogP contribution in [0.1, 0.15) is 18.9 Å². The first-order chi connectivity index (χ1) is 11.0. The minimum atomic E-state index is -0.873. The van der Waals surface area contributed by atoms with Crippen LogP contribution in [0.2, 0.25) is 5.28 Å². The monoisotopic (exact) mass is 331 g/mol. The number of ether oxygens (including phenoxy) is 1. The van der Waals surface area contributed by atoms with Crippen LogP contribution in [-0.2, 0) is 11.3 Å². The third kappa shape index (κ3) is 5.09. The average Bonchev–Trinajstić information content (AvgIpc) is 2.56. The lowest BCUT2D eigenvalue weighted by molar-refractivity contribution is 0.112. The fraction of sp³-hybridized carbons (Fsp3) is 0.312. The topological polar surface area (TPSA) is 96.8 Å². The van der Waals surface area contributed by atoms with Gasteiger partial charge in [0, 0.05) is 6.42 Å². The van der Waals surface area contributed by atoms with Crippen molar-refractivity contribution in [1.82, 2.24) is 9.97 Å². The van der Waals surface area contributed by atoms with E-state index in [1.54, 1.807) is 6.92 Å². The Labute approximate surface area is 140 Å². The van der Waals surface area contributed by atoms with Gasteiger partial charge in [0.05, 0.1) is 31.2 Å². The second kappa shape index (κ2) is 7.77. The van der Waals surface area contributed by atoms with Crippen LogP contribution in [0.25, 0.3) is 0 Å². The summed E-state index contributed by atoms with van der Waals surface area (Å²) < 4.78 is 5.63. The molecule has 0 radical (unpaired) electrons. The molecule has 1 heterocycles. The van der Waals surface area contributed by atoms with Gasteiger partial charge in [-0.15, -0.1) is 0 Å². The van der Waals surface area contributed by atoms with Gasteiger partial charge in [0.15, 0.2) is 5.82 Å². The molecule has 0 saturated carbocycles. The van der Waals surface area contributed by atoms with Gasteiger partial charge in [-0.05, 0) is 24.1 Å². The Bertz CT molecular complexity index is 689. The SMILES string of the molecule is CC(C#N)(CCOCc1ccccc1)Nc1nc(Cl)ncc1N. The molecule has 0 bridgehead atoms. The predicted octanol–water partition coefficient (Wildman–Crippen LogP) is 3.01. The maximum atomic E-state index is 9.44. The molecule has 3 N–H and O–H groups in total. The van der Waals surface area contributed by atoms with Gasteiger partial charge in [-0.2, -0.15) is 10.2 Å². The Morgan fingerprint density at radius 3 is 2.83 bits per heavy atom. The number of rotatable bonds is 7. The Hall–Kier alpha value is -2.36. The van der Waals surface area contributed by atoms with Crippen LogP contribution >= 0.6 is 11.6 Å². The Morgan fingerprint density at radius 1 is 1.39 bits per heavy atom. The fourth-order valence-corrected chi connectivity index (χ4v) is 2.05. The van der Waals surface area contributed by atoms with Gasteiger partial charge in [-0.1, -0.05) is 30.3 Å². The summed E-state index contributed by atoms with van der Waals surface area (Å²) in [7, 11) is 0. The van der Waals surface area contributed by atoms with Crippen molar-refractivity contribution in [2.24, 2.45) is 0 Å². The largest absolute Gasteiger partial charge is 0.394 e. The highest BCUT2D eigenvalue weighted by Gasteiger charge is 2.25. The van der Waals surface area contributed by atoms with Crippen molar-refractivity contribution in [2.45, 2.75) is 25.5 Å². The van der Waals surface area contributed by atoms with Crippen LogP contribution < -0.4 is 11.1 Å². The van der Waals surface area contributed by atoms with E-state index < -0.39 is 5.54 Å². The summed E-state index contributed by atoms with van der Waals surface area (Å²) in [5.41, 5.74) is 6.35. The number of halogens is 1. The number of hydrogen-bond donors (Lipinski definition) is 2. The van der Waals surface area contributed by atoms with E-state index in [-0.39, 0.29) is 5.28 Å². The minimum absolute atomic E-state index is 0.0716. The number of nitrogen functional groups attached to an aromatic ring is 1. The van der Waals surface area contributed by atoms with Crippen molar-refractivity contribution >= 4 is 23.1 Å². The van der Waals surface area contributed by atoms with Crippen molar-refractivity contribution in [3.63, 3.8) is 0 Å². The molecule has 0 spiro atoms. The van der Waals surface area contributed by atoms with E-state index in [0.717, 1.165) is 5.56 Å². The van der Waals surface area contributed by atoms with Gasteiger partial charge in [0.2, 0.25) is 5.28 Å². The molecule has 0 aliphatic rings. The van der Waals surface area contributed by atoms with E-state index in [1.807, 2.05) is 30.3 Å². The summed E-state index contributed by atoms with van der Waals surface area (Å²) in [6.45, 7) is 2.68. The second-order valence-corrected chi connectivity index (χ2v) is 5.64. The molecule has 23 heavy (non-hydrogen) atoms. The molecular weight excluding hydrogens is 314 g/mol. The highest BCUT2D eigenvalue weighted by molar-refractivity contribution is 6.28. The molecule has 1 unspecified atom stereocenters. The molecule has 0 aliphatic carbocycles. The van der Waals surface area contributed by atoms with E-state index in [4.69, 9.17) is 22.1 Å². The molecule has 0 amide bonds. The molecule has 1 atom stereocenters. The smallest absolute Gasteiger partial charge is 0.224 e. The van der Waals surface area contributed by atoms with Crippen LogP contribution in [0.4, 0.5) is 11.5 Å². The van der Waals surface area contributed by atoms with Crippen molar-refractivity contribution < 1.29 is 4.74 Å². The van der Waals surface area contributed by atoms with Crippen LogP contribution in [0.5, 0.6) is 0 Å². The number of benzene rings is 1. The van der Waals surface area contributed by atoms with Gasteiger partial charge in [0.1, 0.15) is 5.54 Å². The standard InChI is InChI=1S/C16H18ClN5O/c1-16(11-18,22-14-13(19)9-20-15(17)21-14)7-8-23-10-12-5-3-2-4-6-12/h2-6,9H,7-8,10,19H2,1H3,(H,20,21,22). The summed E-state index contributed by atoms with van der Waals surface area (Å²) in [6, 6.07) is 12.1. The minimum Gasteiger partial charge on any atom is -0.394 e. The van der Waals surface area contributed by atoms with E-state index in [2.05, 4.69) is 21.4 Å². The Kier molecular flexibility index (Phi) is 5.74. The molecule has 0 aliphatic heterocycles. The normalized spacial score (nSPS) is 13.1. The number of nitrogens with two attached hydrogens (primary N) is 1. The summed E-state index contributed by atoms with van der Waals surface area (Å²) >= 11 is 5.76. The molecule has 1 aromatic heterocycles. The quantitative estimate of drug-likeness (QED) is 0.598. The van der Waals surface area contributed by atoms with Gasteiger partial charge < -0.3 is 15.8 Å². The van der Waals surface area contributed by atoms with E-state index in [9.17, 15) is 5.26 Å². The van der Waals surface area contributed by atoms with Crippen LogP contribution in [0, 0.1) is 11.3 Å². The maximum Gasteiger partial charge on any atom is 0.224 e. The molecule has 2 rings (SSSR count). The van der Waals surface area contributed by atoms with E-state index >= 15 is 0 Å². The third-order valence-electron chi connectivity index (χ3n) is 3.29. The predicted molar refractivity (Wildman–Crippen MR) is 89.8 cm³/mol. The molecule has 120 valence electrons. The lowest BCUT2D eigenvalue weighted by Gasteiger charge is -2.24. The maximum absolute atomic E-state index is 9.44. The third-order valence-corrected chi connectivity index (χ3v) is 3.47. The van der Waals surface area contributed by atoms with Crippen molar-refractivity contribution in [3.05, 3.63) is 47.4 Å². The molecule has 1 aromatic carbocycles. The zero-order valence-electron chi connectivity index (χ0n) is 12.8. The number of anilines is 2. The summed E-state index contributed by atoms with van der Waals surface area (Å²) in [6.07, 6.45) is 1.87. The number of nitrogens with one attached hydrogen (secondary N) is 1. The zero-order valence-corrected chi connectivity index (χ0v) is 13.5. The van der Waals surface area contributed by atoms with Gasteiger partial charge in [-0.25, -0.2) is 4.98 Å². The van der Waals surface area contributed by atoms with E-state index in [0.29, 0.717) is 31.1 Å². The number of aromatic nitrogens is 2. The number of nitrogens with zero attached hydrogens (tertiary/aromatic N) is 3. The molecule has 7 heteroatoms. The number of nitriles is 1. The van der Waals surface area contributed by atoms with Crippen LogP contribution in [0.15, 0.2) is 36.5 Å². The first kappa shape index (κ1) is 17.0. The summed E-state index contributed by atoms with van der Waals surface area (Å²) in [5.74, 6) is 0.345. The molecule has 6 nitrogen and oxygen atoms in total. The van der Waals surface area contributed by atoms with Gasteiger partial charge in [0.25, 0.3) is 0 Å². The second-order valence-electron chi connectivity index (χ2n) is 5.30. The van der Waals surface area contributed by atoms with Gasteiger partial charge >= 0.3 is 0 Å². The fourth-order valence-electron chi connectivity index (χ4n) is 1.92. The summed E-state index contributed by atoms with van der Waals surface area (Å²) in [5, 5.41) is 12.5. The van der Waals surface area contributed by atoms with Crippen molar-refractivity contribution in [2.75, 3.05) is 17.7 Å². The molecule has 0 saturated heterocycles. The first-order valence-electron chi connectivity index (χ1n) is 7.11. The zero-order chi connectivity index (χ0) is 16.7. The Balaban J connectivity index is 1.90. The molecule has 0 fully saturated rings. The first-order valence-corrected chi connectivity index (χ1v) is 7.49.